The topological polar surface area (TPSA) is 71.1 Å². The van der Waals surface area contributed by atoms with Gasteiger partial charge in [0.05, 0.1) is 0 Å². The number of carbonyl (C=O) groups is 2. The maximum atomic E-state index is 11.7. The minimum absolute atomic E-state index is 0.365. The van der Waals surface area contributed by atoms with E-state index in [2.05, 4.69) is 15.8 Å². The summed E-state index contributed by atoms with van der Waals surface area (Å²) in [6.07, 6.45) is 6.23. The monoisotopic (exact) mass is 267 g/mol. The second kappa shape index (κ2) is 6.84. The zero-order chi connectivity index (χ0) is 14.2. The molecule has 0 aliphatic rings. The van der Waals surface area contributed by atoms with Crippen molar-refractivity contribution in [2.75, 3.05) is 0 Å². The molecular weight excluding hydrogens is 254 g/mol. The lowest BCUT2D eigenvalue weighted by atomic mass is 10.2. The average Bonchev–Trinajstić information content (AvgIpc) is 2.52. The van der Waals surface area contributed by atoms with E-state index >= 15 is 0 Å². The van der Waals surface area contributed by atoms with Gasteiger partial charge in [-0.1, -0.05) is 18.2 Å². The molecule has 20 heavy (non-hydrogen) atoms. The highest BCUT2D eigenvalue weighted by Gasteiger charge is 2.04. The van der Waals surface area contributed by atoms with Crippen molar-refractivity contribution < 1.29 is 9.59 Å². The van der Waals surface area contributed by atoms with E-state index in [9.17, 15) is 9.59 Å². The van der Waals surface area contributed by atoms with Crippen molar-refractivity contribution >= 4 is 17.9 Å². The lowest BCUT2D eigenvalue weighted by Crippen LogP contribution is -2.40. The maximum absolute atomic E-state index is 11.7. The van der Waals surface area contributed by atoms with Crippen molar-refractivity contribution in [3.8, 4) is 0 Å². The molecule has 0 fully saturated rings. The first-order valence-corrected chi connectivity index (χ1v) is 5.99. The fourth-order valence-corrected chi connectivity index (χ4v) is 1.47. The van der Waals surface area contributed by atoms with Crippen molar-refractivity contribution in [3.63, 3.8) is 0 Å². The molecular formula is C15H13N3O2. The smallest absolute Gasteiger partial charge is 0.268 e. The Kier molecular flexibility index (Phi) is 4.61. The number of pyridine rings is 1. The Bertz CT molecular complexity index is 610. The van der Waals surface area contributed by atoms with E-state index in [0.29, 0.717) is 5.56 Å². The molecule has 2 aromatic rings. The van der Waals surface area contributed by atoms with Crippen molar-refractivity contribution in [1.29, 1.82) is 0 Å². The number of aromatic nitrogens is 1. The molecule has 0 aliphatic carbocycles. The molecule has 5 heteroatoms. The molecule has 100 valence electrons. The van der Waals surface area contributed by atoms with Crippen molar-refractivity contribution in [3.05, 3.63) is 72.1 Å². The van der Waals surface area contributed by atoms with Crippen LogP contribution in [0.25, 0.3) is 6.08 Å². The van der Waals surface area contributed by atoms with E-state index in [-0.39, 0.29) is 5.91 Å². The van der Waals surface area contributed by atoms with Crippen molar-refractivity contribution in [2.24, 2.45) is 0 Å². The number of carbonyl (C=O) groups excluding carboxylic acids is 2. The van der Waals surface area contributed by atoms with Crippen LogP contribution in [0.2, 0.25) is 0 Å². The third-order valence-electron chi connectivity index (χ3n) is 2.47. The Hall–Kier alpha value is -2.95. The number of hydrazine groups is 1. The number of nitrogens with one attached hydrogen (secondary N) is 2. The lowest BCUT2D eigenvalue weighted by Gasteiger charge is -2.04. The van der Waals surface area contributed by atoms with Gasteiger partial charge < -0.3 is 0 Å². The molecule has 2 amide bonds. The van der Waals surface area contributed by atoms with Crippen LogP contribution in [0.4, 0.5) is 0 Å². The van der Waals surface area contributed by atoms with Gasteiger partial charge >= 0.3 is 0 Å². The summed E-state index contributed by atoms with van der Waals surface area (Å²) in [5, 5.41) is 0. The normalized spacial score (nSPS) is 10.2. The van der Waals surface area contributed by atoms with Crippen LogP contribution in [0.3, 0.4) is 0 Å². The van der Waals surface area contributed by atoms with Gasteiger partial charge in [-0.05, 0) is 35.9 Å². The van der Waals surface area contributed by atoms with E-state index in [1.165, 1.54) is 6.08 Å². The standard InChI is InChI=1S/C15H13N3O2/c19-14(7-6-12-8-10-16-11-9-12)17-18-15(20)13-4-2-1-3-5-13/h1-11H,(H,17,19)(H,18,20)/b7-6+. The number of benzene rings is 1. The molecule has 0 radical (unpaired) electrons. The van der Waals surface area contributed by atoms with Crippen molar-refractivity contribution in [2.45, 2.75) is 0 Å². The molecule has 1 aromatic carbocycles. The van der Waals surface area contributed by atoms with Crippen LogP contribution < -0.4 is 10.9 Å². The first-order valence-electron chi connectivity index (χ1n) is 5.99. The van der Waals surface area contributed by atoms with Crippen LogP contribution in [0, 0.1) is 0 Å². The van der Waals surface area contributed by atoms with Crippen LogP contribution in [0.15, 0.2) is 60.9 Å². The summed E-state index contributed by atoms with van der Waals surface area (Å²) in [6.45, 7) is 0. The van der Waals surface area contributed by atoms with E-state index < -0.39 is 5.91 Å². The zero-order valence-corrected chi connectivity index (χ0v) is 10.6. The molecule has 0 unspecified atom stereocenters. The summed E-state index contributed by atoms with van der Waals surface area (Å²) >= 11 is 0. The van der Waals surface area contributed by atoms with E-state index in [1.54, 1.807) is 54.9 Å². The van der Waals surface area contributed by atoms with Gasteiger partial charge in [0.25, 0.3) is 11.8 Å². The molecule has 2 N–H and O–H groups in total. The lowest BCUT2D eigenvalue weighted by molar-refractivity contribution is -0.117. The fraction of sp³-hybridized carbons (Fsp3) is 0. The summed E-state index contributed by atoms with van der Waals surface area (Å²) < 4.78 is 0. The Morgan fingerprint density at radius 3 is 2.35 bits per heavy atom. The number of hydrogen-bond acceptors (Lipinski definition) is 3. The Morgan fingerprint density at radius 2 is 1.65 bits per heavy atom. The number of hydrogen-bond donors (Lipinski definition) is 2. The van der Waals surface area contributed by atoms with Gasteiger partial charge in [-0.3, -0.25) is 25.4 Å². The van der Waals surface area contributed by atoms with Gasteiger partial charge in [-0.2, -0.15) is 0 Å². The summed E-state index contributed by atoms with van der Waals surface area (Å²) in [7, 11) is 0. The highest BCUT2D eigenvalue weighted by molar-refractivity contribution is 5.97. The molecule has 1 heterocycles. The minimum Gasteiger partial charge on any atom is -0.268 e. The minimum atomic E-state index is -0.411. The van der Waals surface area contributed by atoms with E-state index in [1.807, 2.05) is 6.07 Å². The largest absolute Gasteiger partial charge is 0.269 e. The summed E-state index contributed by atoms with van der Waals surface area (Å²) in [4.78, 5) is 27.1. The third-order valence-corrected chi connectivity index (χ3v) is 2.47. The molecule has 0 saturated carbocycles. The van der Waals surface area contributed by atoms with E-state index in [0.717, 1.165) is 5.56 Å². The average molecular weight is 267 g/mol. The highest BCUT2D eigenvalue weighted by Crippen LogP contribution is 1.99. The van der Waals surface area contributed by atoms with Gasteiger partial charge in [-0.15, -0.1) is 0 Å². The van der Waals surface area contributed by atoms with Crippen LogP contribution in [-0.2, 0) is 4.79 Å². The fourth-order valence-electron chi connectivity index (χ4n) is 1.47. The molecule has 5 nitrogen and oxygen atoms in total. The van der Waals surface area contributed by atoms with Crippen LogP contribution in [0.1, 0.15) is 15.9 Å². The first kappa shape index (κ1) is 13.5. The van der Waals surface area contributed by atoms with Crippen LogP contribution in [-0.4, -0.2) is 16.8 Å². The quantitative estimate of drug-likeness (QED) is 0.655. The summed E-state index contributed by atoms with van der Waals surface area (Å²) in [5.74, 6) is -0.776. The van der Waals surface area contributed by atoms with Crippen LogP contribution >= 0.6 is 0 Å². The van der Waals surface area contributed by atoms with Gasteiger partial charge in [0, 0.05) is 24.0 Å². The van der Waals surface area contributed by atoms with E-state index in [4.69, 9.17) is 0 Å². The SMILES string of the molecule is O=C(/C=C/c1ccncc1)NNC(=O)c1ccccc1. The van der Waals surface area contributed by atoms with Gasteiger partial charge in [0.1, 0.15) is 0 Å². The molecule has 0 bridgehead atoms. The van der Waals surface area contributed by atoms with Gasteiger partial charge in [-0.25, -0.2) is 0 Å². The maximum Gasteiger partial charge on any atom is 0.269 e. The summed E-state index contributed by atoms with van der Waals surface area (Å²) in [6, 6.07) is 12.2. The molecule has 1 aromatic heterocycles. The van der Waals surface area contributed by atoms with Crippen molar-refractivity contribution in [1.82, 2.24) is 15.8 Å². The molecule has 2 rings (SSSR count). The molecule has 0 spiro atoms. The molecule has 0 aliphatic heterocycles. The number of amides is 2. The Labute approximate surface area is 116 Å². The Morgan fingerprint density at radius 1 is 0.950 bits per heavy atom. The van der Waals surface area contributed by atoms with Gasteiger partial charge in [0.2, 0.25) is 0 Å². The second-order valence-corrected chi connectivity index (χ2v) is 3.92. The predicted molar refractivity (Wildman–Crippen MR) is 75.3 cm³/mol. The third kappa shape index (κ3) is 4.06. The van der Waals surface area contributed by atoms with Crippen LogP contribution in [0.5, 0.6) is 0 Å². The number of nitrogens with zero attached hydrogens (tertiary/aromatic N) is 1. The molecule has 0 atom stereocenters. The summed E-state index contributed by atoms with van der Waals surface area (Å²) in [5.41, 5.74) is 5.97. The second-order valence-electron chi connectivity index (χ2n) is 3.92. The highest BCUT2D eigenvalue weighted by atomic mass is 16.2. The zero-order valence-electron chi connectivity index (χ0n) is 10.6. The number of rotatable bonds is 3. The molecule has 0 saturated heterocycles. The van der Waals surface area contributed by atoms with Gasteiger partial charge in [0.15, 0.2) is 0 Å². The first-order chi connectivity index (χ1) is 9.75. The Balaban J connectivity index is 1.84. The predicted octanol–water partition coefficient (Wildman–Crippen LogP) is 1.56.